The summed E-state index contributed by atoms with van der Waals surface area (Å²) in [6, 6.07) is -1.05. The van der Waals surface area contributed by atoms with Crippen molar-refractivity contribution in [1.29, 1.82) is 0 Å². The molecular formula is C11H19N3O3S2. The van der Waals surface area contributed by atoms with Gasteiger partial charge in [0.15, 0.2) is 0 Å². The Kier molecular flexibility index (Phi) is 5.45. The molecule has 1 rings (SSSR count). The van der Waals surface area contributed by atoms with Crippen molar-refractivity contribution in [2.75, 3.05) is 12.0 Å². The Balaban J connectivity index is 2.50. The van der Waals surface area contributed by atoms with Crippen LogP contribution in [0.25, 0.3) is 0 Å². The van der Waals surface area contributed by atoms with Gasteiger partial charge < -0.3 is 11.1 Å². The van der Waals surface area contributed by atoms with Gasteiger partial charge in [-0.25, -0.2) is 13.4 Å². The number of nitrogens with zero attached hydrogens (tertiary/aromatic N) is 1. The largest absolute Gasteiger partial charge is 0.346 e. The normalized spacial score (nSPS) is 14.9. The molecule has 3 N–H and O–H groups in total. The second-order valence-electron chi connectivity index (χ2n) is 4.58. The van der Waals surface area contributed by atoms with Crippen LogP contribution < -0.4 is 11.1 Å². The molecule has 1 amide bonds. The Bertz CT molecular complexity index is 539. The van der Waals surface area contributed by atoms with Gasteiger partial charge in [0.2, 0.25) is 5.91 Å². The predicted octanol–water partition coefficient (Wildman–Crippen LogP) is 0.391. The molecule has 0 radical (unpaired) electrons. The summed E-state index contributed by atoms with van der Waals surface area (Å²) >= 11 is 1.47. The van der Waals surface area contributed by atoms with Crippen LogP contribution in [0.5, 0.6) is 0 Å². The minimum absolute atomic E-state index is 0.0909. The number of nitrogens with two attached hydrogens (primary N) is 1. The maximum atomic E-state index is 11.8. The van der Waals surface area contributed by atoms with E-state index in [1.54, 1.807) is 0 Å². The summed E-state index contributed by atoms with van der Waals surface area (Å²) in [4.78, 5) is 16.1. The predicted molar refractivity (Wildman–Crippen MR) is 75.7 cm³/mol. The van der Waals surface area contributed by atoms with E-state index in [1.807, 2.05) is 19.2 Å². The number of hydrogen-bond donors (Lipinski definition) is 2. The molecule has 0 saturated heterocycles. The first kappa shape index (κ1) is 16.1. The van der Waals surface area contributed by atoms with Crippen LogP contribution in [0, 0.1) is 6.92 Å². The highest BCUT2D eigenvalue weighted by molar-refractivity contribution is 7.90. The lowest BCUT2D eigenvalue weighted by atomic mass is 10.2. The fourth-order valence-corrected chi connectivity index (χ4v) is 2.91. The number of aryl methyl sites for hydroxylation is 1. The number of aromatic nitrogens is 1. The Morgan fingerprint density at radius 1 is 1.58 bits per heavy atom. The van der Waals surface area contributed by atoms with Crippen molar-refractivity contribution in [3.63, 3.8) is 0 Å². The SMILES string of the molecule is Cc1csc(C(C)NC(=O)C(N)CCS(C)(=O)=O)n1. The topological polar surface area (TPSA) is 102 Å². The monoisotopic (exact) mass is 305 g/mol. The first-order chi connectivity index (χ1) is 8.69. The molecule has 0 spiro atoms. The van der Waals surface area contributed by atoms with E-state index in [2.05, 4.69) is 10.3 Å². The Morgan fingerprint density at radius 3 is 2.68 bits per heavy atom. The van der Waals surface area contributed by atoms with E-state index >= 15 is 0 Å². The van der Waals surface area contributed by atoms with Gasteiger partial charge in [0, 0.05) is 17.3 Å². The zero-order valence-electron chi connectivity index (χ0n) is 11.2. The molecule has 1 aromatic rings. The fourth-order valence-electron chi connectivity index (χ4n) is 1.43. The summed E-state index contributed by atoms with van der Waals surface area (Å²) in [5.74, 6) is -0.448. The summed E-state index contributed by atoms with van der Waals surface area (Å²) in [7, 11) is -3.10. The molecule has 108 valence electrons. The molecule has 0 aliphatic heterocycles. The first-order valence-electron chi connectivity index (χ1n) is 5.85. The standard InChI is InChI=1S/C11H19N3O3S2/c1-7-6-18-11(13-7)8(2)14-10(15)9(12)4-5-19(3,16)17/h6,8-9H,4-5,12H2,1-3H3,(H,14,15). The van der Waals surface area contributed by atoms with Crippen molar-refractivity contribution < 1.29 is 13.2 Å². The van der Waals surface area contributed by atoms with Crippen molar-refractivity contribution in [3.05, 3.63) is 16.1 Å². The van der Waals surface area contributed by atoms with E-state index in [1.165, 1.54) is 11.3 Å². The van der Waals surface area contributed by atoms with Crippen LogP contribution in [-0.2, 0) is 14.6 Å². The quantitative estimate of drug-likeness (QED) is 0.791. The van der Waals surface area contributed by atoms with Gasteiger partial charge in [0.05, 0.1) is 17.8 Å². The van der Waals surface area contributed by atoms with Crippen LogP contribution in [0.15, 0.2) is 5.38 Å². The van der Waals surface area contributed by atoms with Gasteiger partial charge in [0.1, 0.15) is 14.8 Å². The van der Waals surface area contributed by atoms with Crippen molar-refractivity contribution in [1.82, 2.24) is 10.3 Å². The Morgan fingerprint density at radius 2 is 2.21 bits per heavy atom. The number of nitrogens with one attached hydrogen (secondary N) is 1. The summed E-state index contributed by atoms with van der Waals surface area (Å²) in [5, 5.41) is 5.45. The average Bonchev–Trinajstić information content (AvgIpc) is 2.71. The second-order valence-corrected chi connectivity index (χ2v) is 7.73. The molecule has 1 aromatic heterocycles. The van der Waals surface area contributed by atoms with Gasteiger partial charge in [-0.15, -0.1) is 11.3 Å². The number of amides is 1. The number of carbonyl (C=O) groups is 1. The highest BCUT2D eigenvalue weighted by Gasteiger charge is 2.19. The number of rotatable bonds is 6. The molecule has 6 nitrogen and oxygen atoms in total. The van der Waals surface area contributed by atoms with E-state index in [-0.39, 0.29) is 24.1 Å². The van der Waals surface area contributed by atoms with E-state index in [0.29, 0.717) is 0 Å². The lowest BCUT2D eigenvalue weighted by molar-refractivity contribution is -0.123. The van der Waals surface area contributed by atoms with E-state index in [9.17, 15) is 13.2 Å². The van der Waals surface area contributed by atoms with Crippen molar-refractivity contribution in [3.8, 4) is 0 Å². The molecule has 0 aliphatic carbocycles. The van der Waals surface area contributed by atoms with E-state index in [0.717, 1.165) is 17.0 Å². The Hall–Kier alpha value is -0.990. The molecule has 0 aromatic carbocycles. The van der Waals surface area contributed by atoms with E-state index in [4.69, 9.17) is 5.73 Å². The van der Waals surface area contributed by atoms with Crippen molar-refractivity contribution >= 4 is 27.1 Å². The number of sulfone groups is 1. The third-order valence-electron chi connectivity index (χ3n) is 2.50. The summed E-state index contributed by atoms with van der Waals surface area (Å²) in [6.07, 6.45) is 1.24. The third kappa shape index (κ3) is 5.66. The summed E-state index contributed by atoms with van der Waals surface area (Å²) in [6.45, 7) is 3.70. The molecule has 19 heavy (non-hydrogen) atoms. The third-order valence-corrected chi connectivity index (χ3v) is 4.62. The van der Waals surface area contributed by atoms with Crippen LogP contribution in [0.2, 0.25) is 0 Å². The smallest absolute Gasteiger partial charge is 0.237 e. The number of hydrogen-bond acceptors (Lipinski definition) is 6. The molecule has 0 aliphatic rings. The zero-order valence-corrected chi connectivity index (χ0v) is 12.8. The highest BCUT2D eigenvalue weighted by Crippen LogP contribution is 2.17. The Labute approximate surface area is 117 Å². The molecule has 0 fully saturated rings. The fraction of sp³-hybridized carbons (Fsp3) is 0.636. The summed E-state index contributed by atoms with van der Waals surface area (Å²) in [5.41, 5.74) is 6.57. The minimum Gasteiger partial charge on any atom is -0.346 e. The van der Waals surface area contributed by atoms with Crippen molar-refractivity contribution in [2.45, 2.75) is 32.4 Å². The molecule has 0 saturated carbocycles. The van der Waals surface area contributed by atoms with Gasteiger partial charge in [-0.3, -0.25) is 4.79 Å². The van der Waals surface area contributed by atoms with Crippen LogP contribution in [0.3, 0.4) is 0 Å². The average molecular weight is 305 g/mol. The molecule has 2 unspecified atom stereocenters. The van der Waals surface area contributed by atoms with Gasteiger partial charge >= 0.3 is 0 Å². The lowest BCUT2D eigenvalue weighted by Gasteiger charge is -2.15. The zero-order chi connectivity index (χ0) is 14.6. The second kappa shape index (κ2) is 6.44. The first-order valence-corrected chi connectivity index (χ1v) is 8.79. The lowest BCUT2D eigenvalue weighted by Crippen LogP contribution is -2.42. The summed E-state index contributed by atoms with van der Waals surface area (Å²) < 4.78 is 22.0. The van der Waals surface area contributed by atoms with Crippen LogP contribution in [0.1, 0.15) is 30.1 Å². The molecule has 1 heterocycles. The van der Waals surface area contributed by atoms with Crippen molar-refractivity contribution in [2.24, 2.45) is 5.73 Å². The minimum atomic E-state index is -3.10. The van der Waals surface area contributed by atoms with Gasteiger partial charge in [-0.2, -0.15) is 0 Å². The molecule has 8 heteroatoms. The van der Waals surface area contributed by atoms with E-state index < -0.39 is 15.9 Å². The van der Waals surface area contributed by atoms with Gasteiger partial charge in [-0.1, -0.05) is 0 Å². The van der Waals surface area contributed by atoms with Crippen LogP contribution in [0.4, 0.5) is 0 Å². The number of thiazole rings is 1. The van der Waals surface area contributed by atoms with Gasteiger partial charge in [-0.05, 0) is 20.3 Å². The van der Waals surface area contributed by atoms with Crippen LogP contribution in [-0.4, -0.2) is 37.4 Å². The highest BCUT2D eigenvalue weighted by atomic mass is 32.2. The number of carbonyl (C=O) groups excluding carboxylic acids is 1. The molecular weight excluding hydrogens is 286 g/mol. The maximum absolute atomic E-state index is 11.8. The molecule has 2 atom stereocenters. The van der Waals surface area contributed by atoms with Crippen LogP contribution >= 0.6 is 11.3 Å². The van der Waals surface area contributed by atoms with Gasteiger partial charge in [0.25, 0.3) is 0 Å². The maximum Gasteiger partial charge on any atom is 0.237 e. The molecule has 0 bridgehead atoms.